The summed E-state index contributed by atoms with van der Waals surface area (Å²) in [6.07, 6.45) is 7.23. The molecule has 0 spiro atoms. The van der Waals surface area contributed by atoms with Crippen LogP contribution in [0.1, 0.15) is 61.2 Å². The third-order valence-corrected chi connectivity index (χ3v) is 6.51. The average molecular weight is 481 g/mol. The number of nitrogens with two attached hydrogens (primary N) is 1. The van der Waals surface area contributed by atoms with Crippen LogP contribution in [0, 0.1) is 11.3 Å². The molecule has 0 atom stereocenters. The zero-order valence-corrected chi connectivity index (χ0v) is 19.9. The second-order valence-corrected chi connectivity index (χ2v) is 9.31. The lowest BCUT2D eigenvalue weighted by molar-refractivity contribution is 0.0398. The van der Waals surface area contributed by atoms with Crippen LogP contribution >= 0.6 is 0 Å². The Morgan fingerprint density at radius 3 is 2.69 bits per heavy atom. The number of pyridine rings is 1. The first kappa shape index (κ1) is 23.6. The number of aromatic nitrogens is 3. The summed E-state index contributed by atoms with van der Waals surface area (Å²) in [5, 5.41) is 27.4. The van der Waals surface area contributed by atoms with Crippen LogP contribution in [0.3, 0.4) is 0 Å². The van der Waals surface area contributed by atoms with E-state index in [-0.39, 0.29) is 0 Å². The fourth-order valence-electron chi connectivity index (χ4n) is 4.38. The molecular formula is C27H28N8O. The minimum absolute atomic E-state index is 0.318. The number of rotatable bonds is 8. The van der Waals surface area contributed by atoms with E-state index < -0.39 is 5.60 Å². The standard InChI is InChI=1S/C27H28N8O/c28-15-18-5-3-6-19(13-18)22-14-23(34-26(33-22)32-20-9-10-20)24(35-29)17-30-16-21-7-4-8-25(31-21)27(36)11-1-2-12-27/h3-8,13-14,17,20,36H,1-2,9-12,16,29H2,(H,32,33,34). The van der Waals surface area contributed by atoms with E-state index in [1.54, 1.807) is 24.4 Å². The van der Waals surface area contributed by atoms with Gasteiger partial charge in [-0.05, 0) is 56.0 Å². The maximum absolute atomic E-state index is 10.9. The van der Waals surface area contributed by atoms with E-state index in [2.05, 4.69) is 36.4 Å². The number of aliphatic hydroxyl groups is 1. The minimum atomic E-state index is -0.839. The van der Waals surface area contributed by atoms with Gasteiger partial charge in [0.15, 0.2) is 0 Å². The summed E-state index contributed by atoms with van der Waals surface area (Å²) in [7, 11) is 0. The van der Waals surface area contributed by atoms with Crippen molar-refractivity contribution < 1.29 is 5.11 Å². The van der Waals surface area contributed by atoms with E-state index in [1.807, 2.05) is 30.3 Å². The minimum Gasteiger partial charge on any atom is -0.384 e. The average Bonchev–Trinajstić information content (AvgIpc) is 3.62. The van der Waals surface area contributed by atoms with Gasteiger partial charge in [-0.1, -0.05) is 31.0 Å². The van der Waals surface area contributed by atoms with Crippen LogP contribution in [0.5, 0.6) is 0 Å². The molecule has 0 saturated heterocycles. The van der Waals surface area contributed by atoms with Gasteiger partial charge in [-0.25, -0.2) is 9.97 Å². The van der Waals surface area contributed by atoms with Crippen LogP contribution in [0.15, 0.2) is 58.6 Å². The maximum atomic E-state index is 10.9. The molecule has 2 heterocycles. The van der Waals surface area contributed by atoms with Crippen LogP contribution < -0.4 is 11.2 Å². The van der Waals surface area contributed by atoms with Crippen molar-refractivity contribution >= 4 is 17.9 Å². The normalized spacial score (nSPS) is 17.3. The monoisotopic (exact) mass is 480 g/mol. The summed E-state index contributed by atoms with van der Waals surface area (Å²) in [5.74, 6) is 6.22. The summed E-state index contributed by atoms with van der Waals surface area (Å²) < 4.78 is 0. The summed E-state index contributed by atoms with van der Waals surface area (Å²) >= 11 is 0. The van der Waals surface area contributed by atoms with Gasteiger partial charge in [0.1, 0.15) is 11.3 Å². The van der Waals surface area contributed by atoms with Crippen LogP contribution in [-0.4, -0.2) is 38.0 Å². The predicted octanol–water partition coefficient (Wildman–Crippen LogP) is 3.68. The lowest BCUT2D eigenvalue weighted by Gasteiger charge is -2.21. The van der Waals surface area contributed by atoms with Gasteiger partial charge in [0.2, 0.25) is 5.95 Å². The van der Waals surface area contributed by atoms with Crippen molar-refractivity contribution in [2.75, 3.05) is 5.32 Å². The second kappa shape index (κ2) is 10.2. The Morgan fingerprint density at radius 2 is 1.94 bits per heavy atom. The highest BCUT2D eigenvalue weighted by molar-refractivity contribution is 6.37. The Hall–Kier alpha value is -4.16. The van der Waals surface area contributed by atoms with Gasteiger partial charge < -0.3 is 16.3 Å². The molecule has 3 aromatic rings. The van der Waals surface area contributed by atoms with Gasteiger partial charge in [-0.3, -0.25) is 9.98 Å². The van der Waals surface area contributed by atoms with Crippen molar-refractivity contribution in [1.82, 2.24) is 15.0 Å². The number of aliphatic imine (C=N–C) groups is 1. The van der Waals surface area contributed by atoms with Crippen molar-refractivity contribution in [2.24, 2.45) is 15.9 Å². The molecule has 9 heteroatoms. The summed E-state index contributed by atoms with van der Waals surface area (Å²) in [6, 6.07) is 17.3. The smallest absolute Gasteiger partial charge is 0.224 e. The summed E-state index contributed by atoms with van der Waals surface area (Å²) in [6.45, 7) is 0.318. The number of hydrogen-bond donors (Lipinski definition) is 3. The molecule has 4 N–H and O–H groups in total. The molecule has 2 fully saturated rings. The SMILES string of the molecule is N#Cc1cccc(-c2cc(C(C=NCc3cccc(C4(O)CCCC4)n3)=NN)nc(NC3CC3)n2)c1. The Morgan fingerprint density at radius 1 is 1.14 bits per heavy atom. The van der Waals surface area contributed by atoms with Crippen molar-refractivity contribution in [3.8, 4) is 17.3 Å². The number of hydrazone groups is 1. The van der Waals surface area contributed by atoms with E-state index in [1.165, 1.54) is 0 Å². The number of nitrogens with zero attached hydrogens (tertiary/aromatic N) is 6. The zero-order chi connectivity index (χ0) is 25.0. The first-order chi connectivity index (χ1) is 17.6. The molecule has 182 valence electrons. The van der Waals surface area contributed by atoms with Crippen molar-refractivity contribution in [3.05, 3.63) is 71.2 Å². The Bertz CT molecular complexity index is 1350. The van der Waals surface area contributed by atoms with E-state index in [4.69, 9.17) is 5.84 Å². The fourth-order valence-corrected chi connectivity index (χ4v) is 4.38. The molecule has 5 rings (SSSR count). The summed E-state index contributed by atoms with van der Waals surface area (Å²) in [4.78, 5) is 18.4. The quantitative estimate of drug-likeness (QED) is 0.253. The zero-order valence-electron chi connectivity index (χ0n) is 19.9. The highest BCUT2D eigenvalue weighted by atomic mass is 16.3. The van der Waals surface area contributed by atoms with Crippen LogP contribution in [0.2, 0.25) is 0 Å². The van der Waals surface area contributed by atoms with E-state index in [0.29, 0.717) is 46.9 Å². The highest BCUT2D eigenvalue weighted by Crippen LogP contribution is 2.37. The van der Waals surface area contributed by atoms with Crippen LogP contribution in [0.4, 0.5) is 5.95 Å². The van der Waals surface area contributed by atoms with E-state index in [0.717, 1.165) is 49.8 Å². The van der Waals surface area contributed by atoms with Gasteiger partial charge in [0.25, 0.3) is 0 Å². The Kier molecular flexibility index (Phi) is 6.69. The van der Waals surface area contributed by atoms with Gasteiger partial charge in [0.05, 0.1) is 47.2 Å². The maximum Gasteiger partial charge on any atom is 0.224 e. The lowest BCUT2D eigenvalue weighted by Crippen LogP contribution is -2.22. The number of anilines is 1. The largest absolute Gasteiger partial charge is 0.384 e. The molecule has 9 nitrogen and oxygen atoms in total. The molecule has 0 bridgehead atoms. The Balaban J connectivity index is 1.39. The molecular weight excluding hydrogens is 452 g/mol. The number of nitriles is 1. The molecule has 1 aromatic carbocycles. The molecule has 36 heavy (non-hydrogen) atoms. The van der Waals surface area contributed by atoms with Crippen LogP contribution in [-0.2, 0) is 12.1 Å². The lowest BCUT2D eigenvalue weighted by atomic mass is 9.97. The molecule has 2 aliphatic rings. The number of nitrogens with one attached hydrogen (secondary N) is 1. The Labute approximate surface area is 209 Å². The van der Waals surface area contributed by atoms with Gasteiger partial charge >= 0.3 is 0 Å². The topological polar surface area (TPSA) is 145 Å². The van der Waals surface area contributed by atoms with Gasteiger partial charge in [-0.2, -0.15) is 10.4 Å². The van der Waals surface area contributed by atoms with Crippen molar-refractivity contribution in [1.29, 1.82) is 5.26 Å². The van der Waals surface area contributed by atoms with Gasteiger partial charge in [-0.15, -0.1) is 0 Å². The third-order valence-electron chi connectivity index (χ3n) is 6.51. The molecule has 0 aliphatic heterocycles. The predicted molar refractivity (Wildman–Crippen MR) is 138 cm³/mol. The van der Waals surface area contributed by atoms with Crippen molar-refractivity contribution in [3.63, 3.8) is 0 Å². The second-order valence-electron chi connectivity index (χ2n) is 9.31. The van der Waals surface area contributed by atoms with Gasteiger partial charge in [0, 0.05) is 11.6 Å². The van der Waals surface area contributed by atoms with Crippen molar-refractivity contribution in [2.45, 2.75) is 56.7 Å². The molecule has 0 amide bonds. The number of benzene rings is 1. The first-order valence-corrected chi connectivity index (χ1v) is 12.2. The molecule has 2 aliphatic carbocycles. The van der Waals surface area contributed by atoms with E-state index >= 15 is 0 Å². The molecule has 2 saturated carbocycles. The molecule has 0 unspecified atom stereocenters. The number of hydrogen-bond acceptors (Lipinski definition) is 9. The van der Waals surface area contributed by atoms with Crippen LogP contribution in [0.25, 0.3) is 11.3 Å². The third kappa shape index (κ3) is 5.39. The van der Waals surface area contributed by atoms with E-state index in [9.17, 15) is 10.4 Å². The first-order valence-electron chi connectivity index (χ1n) is 12.2. The fraction of sp³-hybridized carbons (Fsp3) is 0.333. The highest BCUT2D eigenvalue weighted by Gasteiger charge is 2.34. The summed E-state index contributed by atoms with van der Waals surface area (Å²) in [5.41, 5.74) is 3.57. The molecule has 0 radical (unpaired) electrons. The molecule has 2 aromatic heterocycles.